The zero-order valence-corrected chi connectivity index (χ0v) is 14.9. The fourth-order valence-electron chi connectivity index (χ4n) is 2.56. The summed E-state index contributed by atoms with van der Waals surface area (Å²) in [6.45, 7) is 2.12. The van der Waals surface area contributed by atoms with Crippen molar-refractivity contribution in [3.63, 3.8) is 0 Å². The zero-order chi connectivity index (χ0) is 17.6. The third kappa shape index (κ3) is 4.11. The number of hydrogen-bond donors (Lipinski definition) is 2. The summed E-state index contributed by atoms with van der Waals surface area (Å²) in [5, 5.41) is 13.8. The second kappa shape index (κ2) is 8.02. The molecule has 0 spiro atoms. The van der Waals surface area contributed by atoms with Gasteiger partial charge in [-0.15, -0.1) is 10.2 Å². The summed E-state index contributed by atoms with van der Waals surface area (Å²) in [7, 11) is 0. The van der Waals surface area contributed by atoms with Gasteiger partial charge in [-0.3, -0.25) is 4.79 Å². The first-order valence-electron chi connectivity index (χ1n) is 8.29. The predicted molar refractivity (Wildman–Crippen MR) is 102 cm³/mol. The van der Waals surface area contributed by atoms with Crippen LogP contribution >= 0.6 is 11.8 Å². The summed E-state index contributed by atoms with van der Waals surface area (Å²) in [4.78, 5) is 12.3. The van der Waals surface area contributed by atoms with Crippen LogP contribution in [-0.2, 0) is 11.2 Å². The van der Waals surface area contributed by atoms with Gasteiger partial charge in [0.2, 0.25) is 11.1 Å². The van der Waals surface area contributed by atoms with E-state index in [1.165, 1.54) is 16.4 Å². The summed E-state index contributed by atoms with van der Waals surface area (Å²) in [6, 6.07) is 13.8. The molecule has 1 heterocycles. The fourth-order valence-corrected chi connectivity index (χ4v) is 3.24. The minimum absolute atomic E-state index is 0.0977. The van der Waals surface area contributed by atoms with Crippen molar-refractivity contribution in [1.29, 1.82) is 0 Å². The van der Waals surface area contributed by atoms with Crippen LogP contribution in [-0.4, -0.2) is 26.5 Å². The molecule has 1 aromatic heterocycles. The molecule has 0 saturated heterocycles. The highest BCUT2D eigenvalue weighted by Gasteiger charge is 2.12. The Bertz CT molecular complexity index is 872. The van der Waals surface area contributed by atoms with Crippen LogP contribution in [0, 0.1) is 0 Å². The van der Waals surface area contributed by atoms with Crippen LogP contribution in [0.2, 0.25) is 0 Å². The predicted octanol–water partition coefficient (Wildman–Crippen LogP) is 3.22. The van der Waals surface area contributed by atoms with Crippen LogP contribution in [0.3, 0.4) is 0 Å². The summed E-state index contributed by atoms with van der Waals surface area (Å²) < 4.78 is 1.48. The molecule has 7 heteroatoms. The van der Waals surface area contributed by atoms with Crippen LogP contribution in [0.15, 0.2) is 47.6 Å². The van der Waals surface area contributed by atoms with Crippen molar-refractivity contribution >= 4 is 34.1 Å². The Morgan fingerprint density at radius 2 is 2.00 bits per heavy atom. The van der Waals surface area contributed by atoms with Gasteiger partial charge in [-0.2, -0.15) is 0 Å². The number of hydrogen-bond acceptors (Lipinski definition) is 5. The molecule has 3 rings (SSSR count). The monoisotopic (exact) mass is 355 g/mol. The largest absolute Gasteiger partial charge is 0.336 e. The SMILES string of the molecule is CCCCc1nnc(SCC(=O)Nc2cccc3ccccc23)n1N. The third-order valence-corrected chi connectivity index (χ3v) is 4.83. The lowest BCUT2D eigenvalue weighted by Crippen LogP contribution is -2.17. The van der Waals surface area contributed by atoms with Gasteiger partial charge in [-0.1, -0.05) is 61.5 Å². The van der Waals surface area contributed by atoms with Crippen molar-refractivity contribution in [2.24, 2.45) is 0 Å². The minimum Gasteiger partial charge on any atom is -0.336 e. The first kappa shape index (κ1) is 17.3. The number of fused-ring (bicyclic) bond motifs is 1. The minimum atomic E-state index is -0.0977. The molecule has 3 aromatic rings. The highest BCUT2D eigenvalue weighted by molar-refractivity contribution is 7.99. The number of carbonyl (C=O) groups is 1. The molecule has 0 aliphatic rings. The molecular formula is C18H21N5OS. The van der Waals surface area contributed by atoms with Crippen molar-refractivity contribution in [1.82, 2.24) is 14.9 Å². The van der Waals surface area contributed by atoms with Gasteiger partial charge in [0.15, 0.2) is 5.82 Å². The smallest absolute Gasteiger partial charge is 0.234 e. The van der Waals surface area contributed by atoms with Gasteiger partial charge in [0, 0.05) is 17.5 Å². The van der Waals surface area contributed by atoms with Crippen LogP contribution in [0.4, 0.5) is 5.69 Å². The Balaban J connectivity index is 1.62. The lowest BCUT2D eigenvalue weighted by molar-refractivity contribution is -0.113. The molecule has 0 radical (unpaired) electrons. The molecule has 2 aromatic carbocycles. The Hall–Kier alpha value is -2.54. The average molecular weight is 355 g/mol. The highest BCUT2D eigenvalue weighted by Crippen LogP contribution is 2.23. The van der Waals surface area contributed by atoms with E-state index in [2.05, 4.69) is 22.4 Å². The van der Waals surface area contributed by atoms with E-state index < -0.39 is 0 Å². The molecule has 130 valence electrons. The third-order valence-electron chi connectivity index (χ3n) is 3.89. The average Bonchev–Trinajstić information content (AvgIpc) is 2.98. The van der Waals surface area contributed by atoms with E-state index in [-0.39, 0.29) is 11.7 Å². The maximum absolute atomic E-state index is 12.3. The van der Waals surface area contributed by atoms with Gasteiger partial charge < -0.3 is 11.2 Å². The maximum atomic E-state index is 12.3. The van der Waals surface area contributed by atoms with Gasteiger partial charge >= 0.3 is 0 Å². The van der Waals surface area contributed by atoms with E-state index in [4.69, 9.17) is 5.84 Å². The number of thioether (sulfide) groups is 1. The molecule has 0 unspecified atom stereocenters. The normalized spacial score (nSPS) is 10.9. The summed E-state index contributed by atoms with van der Waals surface area (Å²) in [5.74, 6) is 6.88. The standard InChI is InChI=1S/C18H21N5OS/c1-2-3-11-16-21-22-18(23(16)19)25-12-17(24)20-15-10-6-8-13-7-4-5-9-14(13)15/h4-10H,2-3,11-12,19H2,1H3,(H,20,24). The number of anilines is 1. The van der Waals surface area contributed by atoms with Gasteiger partial charge in [-0.05, 0) is 17.9 Å². The van der Waals surface area contributed by atoms with Gasteiger partial charge in [0.25, 0.3) is 0 Å². The molecule has 0 atom stereocenters. The van der Waals surface area contributed by atoms with Crippen LogP contribution in [0.5, 0.6) is 0 Å². The number of aryl methyl sites for hydroxylation is 1. The number of nitrogen functional groups attached to an aromatic ring is 1. The topological polar surface area (TPSA) is 85.8 Å². The van der Waals surface area contributed by atoms with Crippen LogP contribution < -0.4 is 11.2 Å². The molecule has 0 aliphatic carbocycles. The van der Waals surface area contributed by atoms with Crippen molar-refractivity contribution < 1.29 is 4.79 Å². The number of rotatable bonds is 7. The second-order valence-corrected chi connectivity index (χ2v) is 6.68. The summed E-state index contributed by atoms with van der Waals surface area (Å²) >= 11 is 1.29. The molecule has 1 amide bonds. The number of carbonyl (C=O) groups excluding carboxylic acids is 1. The Kier molecular flexibility index (Phi) is 5.55. The van der Waals surface area contributed by atoms with E-state index in [9.17, 15) is 4.79 Å². The molecule has 0 bridgehead atoms. The molecule has 0 fully saturated rings. The second-order valence-electron chi connectivity index (χ2n) is 5.74. The van der Waals surface area contributed by atoms with E-state index in [1.807, 2.05) is 42.5 Å². The molecule has 3 N–H and O–H groups in total. The Morgan fingerprint density at radius 1 is 1.20 bits per heavy atom. The molecule has 25 heavy (non-hydrogen) atoms. The van der Waals surface area contributed by atoms with Crippen molar-refractivity contribution in [2.45, 2.75) is 31.3 Å². The number of aromatic nitrogens is 3. The van der Waals surface area contributed by atoms with Crippen molar-refractivity contribution in [3.8, 4) is 0 Å². The first-order valence-corrected chi connectivity index (χ1v) is 9.27. The lowest BCUT2D eigenvalue weighted by Gasteiger charge is -2.08. The molecule has 0 aliphatic heterocycles. The first-order chi connectivity index (χ1) is 12.2. The van der Waals surface area contributed by atoms with Gasteiger partial charge in [0.1, 0.15) is 0 Å². The maximum Gasteiger partial charge on any atom is 0.234 e. The van der Waals surface area contributed by atoms with E-state index in [0.29, 0.717) is 5.16 Å². The van der Waals surface area contributed by atoms with Gasteiger partial charge in [0.05, 0.1) is 5.75 Å². The van der Waals surface area contributed by atoms with E-state index >= 15 is 0 Å². The Labute approximate surface area is 150 Å². The number of amides is 1. The number of nitrogens with one attached hydrogen (secondary N) is 1. The Morgan fingerprint density at radius 3 is 2.84 bits per heavy atom. The molecule has 6 nitrogen and oxygen atoms in total. The lowest BCUT2D eigenvalue weighted by atomic mass is 10.1. The molecule has 0 saturated carbocycles. The highest BCUT2D eigenvalue weighted by atomic mass is 32.2. The van der Waals surface area contributed by atoms with Crippen LogP contribution in [0.1, 0.15) is 25.6 Å². The van der Waals surface area contributed by atoms with E-state index in [1.54, 1.807) is 0 Å². The van der Waals surface area contributed by atoms with E-state index in [0.717, 1.165) is 41.5 Å². The number of benzene rings is 2. The zero-order valence-electron chi connectivity index (χ0n) is 14.1. The van der Waals surface area contributed by atoms with Crippen LogP contribution in [0.25, 0.3) is 10.8 Å². The van der Waals surface area contributed by atoms with Crippen molar-refractivity contribution in [3.05, 3.63) is 48.3 Å². The number of nitrogens with zero attached hydrogens (tertiary/aromatic N) is 3. The van der Waals surface area contributed by atoms with Crippen molar-refractivity contribution in [2.75, 3.05) is 16.9 Å². The summed E-state index contributed by atoms with van der Waals surface area (Å²) in [5.41, 5.74) is 0.807. The quantitative estimate of drug-likeness (QED) is 0.502. The fraction of sp³-hybridized carbons (Fsp3) is 0.278. The number of nitrogens with two attached hydrogens (primary N) is 1. The number of unbranched alkanes of at least 4 members (excludes halogenated alkanes) is 1. The van der Waals surface area contributed by atoms with Gasteiger partial charge in [-0.25, -0.2) is 4.68 Å². The molecular weight excluding hydrogens is 334 g/mol. The summed E-state index contributed by atoms with van der Waals surface area (Å²) in [6.07, 6.45) is 2.88.